The van der Waals surface area contributed by atoms with Crippen LogP contribution in [0.2, 0.25) is 0 Å². The molecule has 0 aliphatic rings. The van der Waals surface area contributed by atoms with Gasteiger partial charge in [-0.3, -0.25) is 4.79 Å². The van der Waals surface area contributed by atoms with Gasteiger partial charge in [-0.15, -0.1) is 0 Å². The van der Waals surface area contributed by atoms with Crippen LogP contribution < -0.4 is 4.90 Å². The van der Waals surface area contributed by atoms with Crippen molar-refractivity contribution in [3.63, 3.8) is 0 Å². The Balaban J connectivity index is 2.90. The van der Waals surface area contributed by atoms with Crippen molar-refractivity contribution < 1.29 is 9.90 Å². The number of hydrogen-bond acceptors (Lipinski definition) is 4. The minimum Gasteiger partial charge on any atom is -0.392 e. The summed E-state index contributed by atoms with van der Waals surface area (Å²) >= 11 is 0. The first kappa shape index (κ1) is 16.0. The van der Waals surface area contributed by atoms with Gasteiger partial charge in [-0.1, -0.05) is 6.07 Å². The van der Waals surface area contributed by atoms with Gasteiger partial charge in [0.15, 0.2) is 0 Å². The van der Waals surface area contributed by atoms with Gasteiger partial charge in [-0.25, -0.2) is 0 Å². The van der Waals surface area contributed by atoms with Crippen molar-refractivity contribution in [3.8, 4) is 6.07 Å². The van der Waals surface area contributed by atoms with E-state index in [1.807, 2.05) is 13.8 Å². The van der Waals surface area contributed by atoms with E-state index in [2.05, 4.69) is 6.07 Å². The van der Waals surface area contributed by atoms with Crippen molar-refractivity contribution in [3.05, 3.63) is 29.3 Å². The van der Waals surface area contributed by atoms with E-state index >= 15 is 0 Å². The molecule has 1 aromatic carbocycles. The van der Waals surface area contributed by atoms with E-state index in [0.29, 0.717) is 29.9 Å². The van der Waals surface area contributed by atoms with Gasteiger partial charge in [0.2, 0.25) is 5.91 Å². The minimum absolute atomic E-state index is 0.0348. The second kappa shape index (κ2) is 7.51. The summed E-state index contributed by atoms with van der Waals surface area (Å²) in [6.45, 7) is 5.37. The van der Waals surface area contributed by atoms with Gasteiger partial charge in [-0.2, -0.15) is 5.26 Å². The van der Waals surface area contributed by atoms with Gasteiger partial charge in [0.1, 0.15) is 6.07 Å². The number of carbonyl (C=O) groups excluding carboxylic acids is 1. The zero-order valence-electron chi connectivity index (χ0n) is 12.3. The number of aliphatic hydroxyl groups excluding tert-OH is 1. The second-order valence-corrected chi connectivity index (χ2v) is 4.54. The lowest BCUT2D eigenvalue weighted by atomic mass is 10.1. The Hall–Kier alpha value is -2.06. The standard InChI is InChI=1S/C15H21N3O2/c1-4-18(5-2)15(20)10-17(3)14-7-6-12(11-19)8-13(14)9-16/h6-8,19H,4-5,10-11H2,1-3H3. The van der Waals surface area contributed by atoms with E-state index in [0.717, 1.165) is 0 Å². The molecule has 1 rings (SSSR count). The van der Waals surface area contributed by atoms with Gasteiger partial charge in [0, 0.05) is 20.1 Å². The number of rotatable bonds is 6. The normalized spacial score (nSPS) is 9.95. The molecular weight excluding hydrogens is 254 g/mol. The molecular formula is C15H21N3O2. The second-order valence-electron chi connectivity index (χ2n) is 4.54. The quantitative estimate of drug-likeness (QED) is 0.851. The summed E-state index contributed by atoms with van der Waals surface area (Å²) < 4.78 is 0. The molecule has 5 nitrogen and oxygen atoms in total. The Labute approximate surface area is 120 Å². The molecule has 1 aromatic rings. The average Bonchev–Trinajstić information content (AvgIpc) is 2.47. The van der Waals surface area contributed by atoms with Crippen LogP contribution in [0.1, 0.15) is 25.0 Å². The van der Waals surface area contributed by atoms with Gasteiger partial charge in [0.05, 0.1) is 24.4 Å². The molecule has 0 aliphatic heterocycles. The molecule has 1 N–H and O–H groups in total. The van der Waals surface area contributed by atoms with Crippen LogP contribution in [0, 0.1) is 11.3 Å². The van der Waals surface area contributed by atoms with Crippen LogP contribution in [0.15, 0.2) is 18.2 Å². The maximum absolute atomic E-state index is 12.1. The van der Waals surface area contributed by atoms with E-state index in [9.17, 15) is 4.79 Å². The van der Waals surface area contributed by atoms with Crippen LogP contribution in [0.3, 0.4) is 0 Å². The van der Waals surface area contributed by atoms with Crippen LogP contribution in [0.5, 0.6) is 0 Å². The summed E-state index contributed by atoms with van der Waals surface area (Å²) in [6.07, 6.45) is 0. The molecule has 0 aromatic heterocycles. The Morgan fingerprint density at radius 3 is 2.50 bits per heavy atom. The highest BCUT2D eigenvalue weighted by Gasteiger charge is 2.15. The first-order valence-corrected chi connectivity index (χ1v) is 6.70. The van der Waals surface area contributed by atoms with E-state index in [1.54, 1.807) is 35.0 Å². The number of hydrogen-bond donors (Lipinski definition) is 1. The Morgan fingerprint density at radius 1 is 1.35 bits per heavy atom. The van der Waals surface area contributed by atoms with E-state index in [1.165, 1.54) is 0 Å². The monoisotopic (exact) mass is 275 g/mol. The summed E-state index contributed by atoms with van der Waals surface area (Å²) in [5.41, 5.74) is 1.85. The predicted octanol–water partition coefficient (Wildman–Crippen LogP) is 1.36. The van der Waals surface area contributed by atoms with E-state index < -0.39 is 0 Å². The number of nitrogens with zero attached hydrogens (tertiary/aromatic N) is 3. The molecule has 0 spiro atoms. The lowest BCUT2D eigenvalue weighted by Gasteiger charge is -2.25. The number of benzene rings is 1. The average molecular weight is 275 g/mol. The third kappa shape index (κ3) is 3.72. The van der Waals surface area contributed by atoms with Crippen molar-refractivity contribution in [2.24, 2.45) is 0 Å². The molecule has 0 atom stereocenters. The van der Waals surface area contributed by atoms with Gasteiger partial charge < -0.3 is 14.9 Å². The number of likely N-dealkylation sites (N-methyl/N-ethyl adjacent to an activating group) is 2. The highest BCUT2D eigenvalue weighted by Crippen LogP contribution is 2.20. The fourth-order valence-corrected chi connectivity index (χ4v) is 2.07. The predicted molar refractivity (Wildman–Crippen MR) is 78.3 cm³/mol. The molecule has 5 heteroatoms. The first-order chi connectivity index (χ1) is 9.57. The summed E-state index contributed by atoms with van der Waals surface area (Å²) in [7, 11) is 1.79. The minimum atomic E-state index is -0.100. The van der Waals surface area contributed by atoms with Gasteiger partial charge in [-0.05, 0) is 31.5 Å². The highest BCUT2D eigenvalue weighted by molar-refractivity contribution is 5.82. The number of nitriles is 1. The van der Waals surface area contributed by atoms with Gasteiger partial charge >= 0.3 is 0 Å². The summed E-state index contributed by atoms with van der Waals surface area (Å²) in [5.74, 6) is 0.0348. The summed E-state index contributed by atoms with van der Waals surface area (Å²) in [5, 5.41) is 18.3. The van der Waals surface area contributed by atoms with Crippen LogP contribution in [-0.4, -0.2) is 42.6 Å². The third-order valence-electron chi connectivity index (χ3n) is 3.26. The van der Waals surface area contributed by atoms with Crippen LogP contribution >= 0.6 is 0 Å². The molecule has 0 saturated carbocycles. The summed E-state index contributed by atoms with van der Waals surface area (Å²) in [4.78, 5) is 15.6. The third-order valence-corrected chi connectivity index (χ3v) is 3.26. The Morgan fingerprint density at radius 2 is 2.00 bits per heavy atom. The molecule has 0 unspecified atom stereocenters. The Kier molecular flexibility index (Phi) is 6.01. The maximum Gasteiger partial charge on any atom is 0.242 e. The molecule has 1 amide bonds. The molecule has 0 fully saturated rings. The zero-order valence-corrected chi connectivity index (χ0v) is 12.3. The molecule has 20 heavy (non-hydrogen) atoms. The first-order valence-electron chi connectivity index (χ1n) is 6.70. The maximum atomic E-state index is 12.1. The van der Waals surface area contributed by atoms with Crippen LogP contribution in [-0.2, 0) is 11.4 Å². The fraction of sp³-hybridized carbons (Fsp3) is 0.467. The van der Waals surface area contributed by atoms with Crippen molar-refractivity contribution in [1.29, 1.82) is 5.26 Å². The van der Waals surface area contributed by atoms with Crippen molar-refractivity contribution in [2.75, 3.05) is 31.6 Å². The zero-order chi connectivity index (χ0) is 15.1. The van der Waals surface area contributed by atoms with Crippen molar-refractivity contribution in [1.82, 2.24) is 4.90 Å². The molecule has 0 radical (unpaired) electrons. The van der Waals surface area contributed by atoms with Crippen LogP contribution in [0.25, 0.3) is 0 Å². The molecule has 0 aliphatic carbocycles. The van der Waals surface area contributed by atoms with Gasteiger partial charge in [0.25, 0.3) is 0 Å². The molecule has 0 heterocycles. The highest BCUT2D eigenvalue weighted by atomic mass is 16.3. The SMILES string of the molecule is CCN(CC)C(=O)CN(C)c1ccc(CO)cc1C#N. The Bertz CT molecular complexity index is 504. The smallest absolute Gasteiger partial charge is 0.242 e. The lowest BCUT2D eigenvalue weighted by molar-refractivity contribution is -0.129. The topological polar surface area (TPSA) is 67.6 Å². The number of amides is 1. The molecule has 0 bridgehead atoms. The molecule has 108 valence electrons. The van der Waals surface area contributed by atoms with E-state index in [4.69, 9.17) is 10.4 Å². The number of anilines is 1. The lowest BCUT2D eigenvalue weighted by Crippen LogP contribution is -2.39. The largest absolute Gasteiger partial charge is 0.392 e. The van der Waals surface area contributed by atoms with Crippen molar-refractivity contribution >= 4 is 11.6 Å². The van der Waals surface area contributed by atoms with E-state index in [-0.39, 0.29) is 19.1 Å². The molecule has 0 saturated heterocycles. The number of carbonyl (C=O) groups is 1. The summed E-state index contributed by atoms with van der Waals surface area (Å²) in [6, 6.07) is 7.27. The number of aliphatic hydroxyl groups is 1. The fourth-order valence-electron chi connectivity index (χ4n) is 2.07. The van der Waals surface area contributed by atoms with Crippen molar-refractivity contribution in [2.45, 2.75) is 20.5 Å². The van der Waals surface area contributed by atoms with Crippen LogP contribution in [0.4, 0.5) is 5.69 Å².